The molecule has 0 amide bonds. The summed E-state index contributed by atoms with van der Waals surface area (Å²) >= 11 is 15.0. The van der Waals surface area contributed by atoms with Crippen LogP contribution in [-0.4, -0.2) is 43.9 Å². The van der Waals surface area contributed by atoms with E-state index in [4.69, 9.17) is 27.9 Å². The molecule has 8 heteroatoms. The summed E-state index contributed by atoms with van der Waals surface area (Å²) in [5.74, 6) is 0. The number of rotatable bonds is 3. The second kappa shape index (κ2) is 6.28. The van der Waals surface area contributed by atoms with E-state index in [1.165, 1.54) is 22.5 Å². The lowest BCUT2D eigenvalue weighted by atomic mass is 10.3. The first kappa shape index (κ1) is 15.5. The van der Waals surface area contributed by atoms with Crippen molar-refractivity contribution in [3.05, 3.63) is 28.2 Å². The summed E-state index contributed by atoms with van der Waals surface area (Å²) in [5.41, 5.74) is 0. The third-order valence-corrected chi connectivity index (χ3v) is 6.28. The fourth-order valence-electron chi connectivity index (χ4n) is 1.85. The minimum Gasteiger partial charge on any atom is -0.378 e. The van der Waals surface area contributed by atoms with Crippen LogP contribution in [0.15, 0.2) is 23.1 Å². The van der Waals surface area contributed by atoms with E-state index >= 15 is 0 Å². The normalized spacial score (nSPS) is 21.5. The molecule has 2 rings (SSSR count). The molecule has 1 aliphatic heterocycles. The number of ether oxygens (including phenoxy) is 1. The highest BCUT2D eigenvalue weighted by molar-refractivity contribution is 9.09. The van der Waals surface area contributed by atoms with Crippen molar-refractivity contribution in [2.75, 3.05) is 25.1 Å². The van der Waals surface area contributed by atoms with Crippen LogP contribution in [0.1, 0.15) is 0 Å². The molecule has 1 atom stereocenters. The highest BCUT2D eigenvalue weighted by Gasteiger charge is 2.33. The molecule has 1 saturated heterocycles. The van der Waals surface area contributed by atoms with E-state index in [0.717, 1.165) is 0 Å². The fourth-order valence-corrected chi connectivity index (χ4v) is 4.56. The Morgan fingerprint density at radius 1 is 1.37 bits per heavy atom. The molecular formula is C11H12BrCl2NO3S. The van der Waals surface area contributed by atoms with E-state index in [9.17, 15) is 8.42 Å². The van der Waals surface area contributed by atoms with Crippen molar-refractivity contribution in [2.24, 2.45) is 0 Å². The highest BCUT2D eigenvalue weighted by Crippen LogP contribution is 2.28. The molecule has 106 valence electrons. The third-order valence-electron chi connectivity index (χ3n) is 2.85. The maximum absolute atomic E-state index is 12.6. The number of morpholine rings is 1. The average molecular weight is 389 g/mol. The third kappa shape index (κ3) is 3.25. The van der Waals surface area contributed by atoms with Gasteiger partial charge >= 0.3 is 0 Å². The number of nitrogens with zero attached hydrogens (tertiary/aromatic N) is 1. The molecule has 1 aliphatic rings. The van der Waals surface area contributed by atoms with Crippen LogP contribution in [0.25, 0.3) is 0 Å². The van der Waals surface area contributed by atoms with Gasteiger partial charge in [-0.25, -0.2) is 8.42 Å². The van der Waals surface area contributed by atoms with Gasteiger partial charge in [-0.15, -0.1) is 0 Å². The molecule has 0 bridgehead atoms. The average Bonchev–Trinajstić information content (AvgIpc) is 2.41. The van der Waals surface area contributed by atoms with Crippen molar-refractivity contribution in [1.82, 2.24) is 4.31 Å². The fraction of sp³-hybridized carbons (Fsp3) is 0.455. The van der Waals surface area contributed by atoms with Crippen molar-refractivity contribution >= 4 is 49.2 Å². The van der Waals surface area contributed by atoms with Crippen molar-refractivity contribution in [3.8, 4) is 0 Å². The van der Waals surface area contributed by atoms with E-state index < -0.39 is 10.0 Å². The molecule has 0 saturated carbocycles. The summed E-state index contributed by atoms with van der Waals surface area (Å²) in [7, 11) is -3.58. The molecule has 1 fully saturated rings. The lowest BCUT2D eigenvalue weighted by molar-refractivity contribution is 0.0413. The Bertz CT molecular complexity index is 567. The summed E-state index contributed by atoms with van der Waals surface area (Å²) in [6, 6.07) is 4.11. The van der Waals surface area contributed by atoms with Gasteiger partial charge in [-0.05, 0) is 18.2 Å². The van der Waals surface area contributed by atoms with Crippen molar-refractivity contribution < 1.29 is 13.2 Å². The van der Waals surface area contributed by atoms with Crippen LogP contribution >= 0.6 is 39.1 Å². The quantitative estimate of drug-likeness (QED) is 0.748. The van der Waals surface area contributed by atoms with E-state index in [2.05, 4.69) is 15.9 Å². The van der Waals surface area contributed by atoms with Gasteiger partial charge in [0.05, 0.1) is 34.2 Å². The number of hydrogen-bond donors (Lipinski definition) is 0. The van der Waals surface area contributed by atoms with Crippen molar-refractivity contribution in [3.63, 3.8) is 0 Å². The van der Waals surface area contributed by atoms with Crippen molar-refractivity contribution in [2.45, 2.75) is 10.9 Å². The Labute approximate surface area is 130 Å². The minimum absolute atomic E-state index is 0.148. The Balaban J connectivity index is 2.37. The van der Waals surface area contributed by atoms with Crippen LogP contribution < -0.4 is 0 Å². The van der Waals surface area contributed by atoms with Gasteiger partial charge < -0.3 is 4.74 Å². The Morgan fingerprint density at radius 3 is 2.74 bits per heavy atom. The second-order valence-corrected chi connectivity index (χ2v) is 7.43. The molecule has 1 aromatic carbocycles. The van der Waals surface area contributed by atoms with E-state index in [1.807, 2.05) is 0 Å². The van der Waals surface area contributed by atoms with Crippen LogP contribution in [0.4, 0.5) is 0 Å². The number of alkyl halides is 1. The molecule has 0 spiro atoms. The van der Waals surface area contributed by atoms with Gasteiger partial charge in [0.1, 0.15) is 0 Å². The standard InChI is InChI=1S/C11H12BrCl2NO3S/c12-6-8-7-18-4-3-15(8)19(16,17)9-1-2-10(13)11(14)5-9/h1-2,5,8H,3-4,6-7H2. The van der Waals surface area contributed by atoms with Gasteiger partial charge in [-0.2, -0.15) is 4.31 Å². The van der Waals surface area contributed by atoms with Gasteiger partial charge in [-0.3, -0.25) is 0 Å². The zero-order valence-corrected chi connectivity index (χ0v) is 13.8. The van der Waals surface area contributed by atoms with Gasteiger partial charge in [0.2, 0.25) is 10.0 Å². The van der Waals surface area contributed by atoms with Crippen LogP contribution in [-0.2, 0) is 14.8 Å². The summed E-state index contributed by atoms with van der Waals surface area (Å²) < 4.78 is 31.9. The largest absolute Gasteiger partial charge is 0.378 e. The zero-order chi connectivity index (χ0) is 14.0. The topological polar surface area (TPSA) is 46.6 Å². The maximum atomic E-state index is 12.6. The van der Waals surface area contributed by atoms with E-state index in [-0.39, 0.29) is 16.0 Å². The first-order valence-corrected chi connectivity index (χ1v) is 8.89. The Hall–Kier alpha value is 0.150. The van der Waals surface area contributed by atoms with E-state index in [1.54, 1.807) is 0 Å². The van der Waals surface area contributed by atoms with Gasteiger partial charge in [0.15, 0.2) is 0 Å². The Morgan fingerprint density at radius 2 is 2.11 bits per heavy atom. The number of halogens is 3. The molecule has 1 heterocycles. The smallest absolute Gasteiger partial charge is 0.243 e. The lowest BCUT2D eigenvalue weighted by Gasteiger charge is -2.33. The Kier molecular flexibility index (Phi) is 5.14. The van der Waals surface area contributed by atoms with E-state index in [0.29, 0.717) is 30.1 Å². The monoisotopic (exact) mass is 387 g/mol. The molecule has 1 unspecified atom stereocenters. The predicted octanol–water partition coefficient (Wildman–Crippen LogP) is 2.78. The first-order valence-electron chi connectivity index (χ1n) is 5.57. The molecule has 4 nitrogen and oxygen atoms in total. The molecule has 0 aliphatic carbocycles. The molecular weight excluding hydrogens is 377 g/mol. The van der Waals surface area contributed by atoms with Crippen LogP contribution in [0.2, 0.25) is 10.0 Å². The maximum Gasteiger partial charge on any atom is 0.243 e. The molecule has 0 aromatic heterocycles. The SMILES string of the molecule is O=S(=O)(c1ccc(Cl)c(Cl)c1)N1CCOCC1CBr. The molecule has 0 N–H and O–H groups in total. The summed E-state index contributed by atoms with van der Waals surface area (Å²) in [5, 5.41) is 1.08. The van der Waals surface area contributed by atoms with Crippen molar-refractivity contribution in [1.29, 1.82) is 0 Å². The van der Waals surface area contributed by atoms with Crippen LogP contribution in [0, 0.1) is 0 Å². The predicted molar refractivity (Wildman–Crippen MR) is 78.8 cm³/mol. The van der Waals surface area contributed by atoms with Gasteiger partial charge in [0.25, 0.3) is 0 Å². The van der Waals surface area contributed by atoms with Crippen LogP contribution in [0.3, 0.4) is 0 Å². The highest BCUT2D eigenvalue weighted by atomic mass is 79.9. The number of sulfonamides is 1. The van der Waals surface area contributed by atoms with Gasteiger partial charge in [-0.1, -0.05) is 39.1 Å². The lowest BCUT2D eigenvalue weighted by Crippen LogP contribution is -2.49. The van der Waals surface area contributed by atoms with Gasteiger partial charge in [0, 0.05) is 11.9 Å². The molecule has 0 radical (unpaired) electrons. The number of benzene rings is 1. The summed E-state index contributed by atoms with van der Waals surface area (Å²) in [6.07, 6.45) is 0. The first-order chi connectivity index (χ1) is 8.96. The number of hydrogen-bond acceptors (Lipinski definition) is 3. The summed E-state index contributed by atoms with van der Waals surface area (Å²) in [4.78, 5) is 0.148. The molecule has 1 aromatic rings. The summed E-state index contributed by atoms with van der Waals surface area (Å²) in [6.45, 7) is 1.11. The molecule has 19 heavy (non-hydrogen) atoms. The second-order valence-electron chi connectivity index (χ2n) is 4.07. The minimum atomic E-state index is -3.58. The van der Waals surface area contributed by atoms with Crippen LogP contribution in [0.5, 0.6) is 0 Å². The zero-order valence-electron chi connectivity index (χ0n) is 9.85.